The summed E-state index contributed by atoms with van der Waals surface area (Å²) in [5.41, 5.74) is 5.42. The van der Waals surface area contributed by atoms with Crippen LogP contribution in [-0.2, 0) is 0 Å². The number of aliphatic hydroxyl groups is 1. The molecule has 0 unspecified atom stereocenters. The fraction of sp³-hybridized carbons (Fsp3) is 0.750. The maximum atomic E-state index is 8.60. The zero-order valence-corrected chi connectivity index (χ0v) is 9.13. The molecule has 80 valence electrons. The minimum atomic E-state index is 0.273. The van der Waals surface area contributed by atoms with E-state index in [1.54, 1.807) is 0 Å². The molecule has 0 aliphatic heterocycles. The van der Waals surface area contributed by atoms with Crippen molar-refractivity contribution >= 4 is 22.6 Å². The summed E-state index contributed by atoms with van der Waals surface area (Å²) in [5.74, 6) is 0.340. The van der Waals surface area contributed by atoms with Gasteiger partial charge in [-0.1, -0.05) is 0 Å². The molecule has 0 atom stereocenters. The van der Waals surface area contributed by atoms with Crippen LogP contribution in [0.5, 0.6) is 0 Å². The molecule has 0 radical (unpaired) electrons. The third-order valence-corrected chi connectivity index (χ3v) is 2.75. The van der Waals surface area contributed by atoms with Crippen LogP contribution in [-0.4, -0.2) is 34.7 Å². The molecule has 3 N–H and O–H groups in total. The number of hydrogen-bond acceptors (Lipinski definition) is 6. The van der Waals surface area contributed by atoms with Gasteiger partial charge in [-0.3, -0.25) is 0 Å². The van der Waals surface area contributed by atoms with E-state index in [-0.39, 0.29) is 6.61 Å². The number of rotatable bonds is 6. The monoisotopic (exact) mass is 216 g/mol. The largest absolute Gasteiger partial charge is 0.396 e. The zero-order valence-electron chi connectivity index (χ0n) is 8.31. The summed E-state index contributed by atoms with van der Waals surface area (Å²) in [6.07, 6.45) is 2.96. The molecule has 14 heavy (non-hydrogen) atoms. The number of nitrogen functional groups attached to an aromatic ring is 1. The summed E-state index contributed by atoms with van der Waals surface area (Å²) < 4.78 is 3.91. The second-order valence-electron chi connectivity index (χ2n) is 3.14. The van der Waals surface area contributed by atoms with Crippen LogP contribution in [0.25, 0.3) is 0 Å². The van der Waals surface area contributed by atoms with Gasteiger partial charge in [0.2, 0.25) is 11.1 Å². The molecule has 0 saturated carbocycles. The number of unbranched alkanes of at least 4 members (excludes halogenated alkanes) is 2. The van der Waals surface area contributed by atoms with Gasteiger partial charge < -0.3 is 15.7 Å². The Morgan fingerprint density at radius 1 is 1.43 bits per heavy atom. The summed E-state index contributed by atoms with van der Waals surface area (Å²) in [6.45, 7) is 1.20. The van der Waals surface area contributed by atoms with E-state index in [1.165, 1.54) is 11.5 Å². The highest BCUT2D eigenvalue weighted by molar-refractivity contribution is 7.09. The lowest BCUT2D eigenvalue weighted by atomic mass is 10.2. The molecule has 1 aromatic rings. The van der Waals surface area contributed by atoms with E-state index in [2.05, 4.69) is 9.36 Å². The number of nitrogens with two attached hydrogens (primary N) is 1. The maximum absolute atomic E-state index is 8.60. The Labute approximate surface area is 87.7 Å². The molecule has 0 aromatic carbocycles. The maximum Gasteiger partial charge on any atom is 0.233 e. The molecule has 6 heteroatoms. The third kappa shape index (κ3) is 3.47. The highest BCUT2D eigenvalue weighted by Crippen LogP contribution is 2.16. The van der Waals surface area contributed by atoms with Gasteiger partial charge in [-0.15, -0.1) is 0 Å². The van der Waals surface area contributed by atoms with Crippen molar-refractivity contribution in [1.29, 1.82) is 0 Å². The van der Waals surface area contributed by atoms with Gasteiger partial charge >= 0.3 is 0 Å². The molecular formula is C8H16N4OS. The van der Waals surface area contributed by atoms with Crippen molar-refractivity contribution in [2.75, 3.05) is 30.8 Å². The Morgan fingerprint density at radius 3 is 2.79 bits per heavy atom. The fourth-order valence-electron chi connectivity index (χ4n) is 1.11. The molecule has 0 spiro atoms. The van der Waals surface area contributed by atoms with Crippen LogP contribution < -0.4 is 10.6 Å². The predicted octanol–water partition coefficient (Wildman–Crippen LogP) is 0.719. The SMILES string of the molecule is CN(CCCCCO)c1nc(N)ns1. The molecule has 1 aromatic heterocycles. The molecule has 0 saturated heterocycles. The first-order chi connectivity index (χ1) is 6.74. The molecule has 0 aliphatic carbocycles. The topological polar surface area (TPSA) is 75.3 Å². The highest BCUT2D eigenvalue weighted by atomic mass is 32.1. The number of hydrogen-bond donors (Lipinski definition) is 2. The van der Waals surface area contributed by atoms with E-state index in [9.17, 15) is 0 Å². The van der Waals surface area contributed by atoms with Crippen molar-refractivity contribution in [3.05, 3.63) is 0 Å². The summed E-state index contributed by atoms with van der Waals surface area (Å²) in [7, 11) is 1.97. The van der Waals surface area contributed by atoms with Crippen LogP contribution in [0.1, 0.15) is 19.3 Å². The van der Waals surface area contributed by atoms with Crippen molar-refractivity contribution in [2.24, 2.45) is 0 Å². The van der Waals surface area contributed by atoms with Crippen LogP contribution in [0.4, 0.5) is 11.1 Å². The van der Waals surface area contributed by atoms with Gasteiger partial charge in [-0.2, -0.15) is 9.36 Å². The molecular weight excluding hydrogens is 200 g/mol. The molecule has 1 heterocycles. The third-order valence-electron chi connectivity index (χ3n) is 1.91. The van der Waals surface area contributed by atoms with Gasteiger partial charge in [0.25, 0.3) is 0 Å². The lowest BCUT2D eigenvalue weighted by molar-refractivity contribution is 0.283. The molecule has 0 amide bonds. The normalized spacial score (nSPS) is 10.4. The van der Waals surface area contributed by atoms with Crippen LogP contribution in [0.3, 0.4) is 0 Å². The van der Waals surface area contributed by atoms with E-state index in [0.717, 1.165) is 30.9 Å². The second kappa shape index (κ2) is 5.77. The number of aromatic nitrogens is 2. The molecule has 1 rings (SSSR count). The van der Waals surface area contributed by atoms with Crippen molar-refractivity contribution < 1.29 is 5.11 Å². The Balaban J connectivity index is 2.25. The predicted molar refractivity (Wildman–Crippen MR) is 58.5 cm³/mol. The molecule has 0 fully saturated rings. The van der Waals surface area contributed by atoms with Crippen molar-refractivity contribution in [3.63, 3.8) is 0 Å². The minimum absolute atomic E-state index is 0.273. The van der Waals surface area contributed by atoms with E-state index in [4.69, 9.17) is 10.8 Å². The zero-order chi connectivity index (χ0) is 10.4. The first-order valence-electron chi connectivity index (χ1n) is 4.65. The van der Waals surface area contributed by atoms with Gasteiger partial charge in [-0.05, 0) is 19.3 Å². The quantitative estimate of drug-likeness (QED) is 0.685. The van der Waals surface area contributed by atoms with Crippen LogP contribution in [0.2, 0.25) is 0 Å². The smallest absolute Gasteiger partial charge is 0.233 e. The van der Waals surface area contributed by atoms with E-state index < -0.39 is 0 Å². The average molecular weight is 216 g/mol. The summed E-state index contributed by atoms with van der Waals surface area (Å²) in [4.78, 5) is 6.10. The first kappa shape index (κ1) is 11.2. The molecule has 0 bridgehead atoms. The Kier molecular flexibility index (Phi) is 4.61. The van der Waals surface area contributed by atoms with Gasteiger partial charge in [0.1, 0.15) is 0 Å². The first-order valence-corrected chi connectivity index (χ1v) is 5.42. The fourth-order valence-corrected chi connectivity index (χ4v) is 1.70. The number of anilines is 2. The Bertz CT molecular complexity index is 266. The lowest BCUT2D eigenvalue weighted by Gasteiger charge is -2.14. The van der Waals surface area contributed by atoms with Gasteiger partial charge in [0.15, 0.2) is 0 Å². The van der Waals surface area contributed by atoms with Crippen LogP contribution in [0, 0.1) is 0 Å². The van der Waals surface area contributed by atoms with Gasteiger partial charge in [0.05, 0.1) is 0 Å². The van der Waals surface area contributed by atoms with Crippen molar-refractivity contribution in [2.45, 2.75) is 19.3 Å². The molecule has 0 aliphatic rings. The summed E-state index contributed by atoms with van der Waals surface area (Å²) >= 11 is 1.31. The summed E-state index contributed by atoms with van der Waals surface area (Å²) in [6, 6.07) is 0. The summed E-state index contributed by atoms with van der Waals surface area (Å²) in [5, 5.41) is 9.45. The van der Waals surface area contributed by atoms with E-state index in [1.807, 2.05) is 11.9 Å². The molecule has 5 nitrogen and oxygen atoms in total. The Hall–Kier alpha value is -0.880. The van der Waals surface area contributed by atoms with E-state index >= 15 is 0 Å². The van der Waals surface area contributed by atoms with Crippen LogP contribution in [0.15, 0.2) is 0 Å². The van der Waals surface area contributed by atoms with Crippen molar-refractivity contribution in [1.82, 2.24) is 9.36 Å². The number of aliphatic hydroxyl groups excluding tert-OH is 1. The number of nitrogens with zero attached hydrogens (tertiary/aromatic N) is 3. The van der Waals surface area contributed by atoms with Gasteiger partial charge in [-0.25, -0.2) is 0 Å². The average Bonchev–Trinajstić information content (AvgIpc) is 2.59. The highest BCUT2D eigenvalue weighted by Gasteiger charge is 2.05. The lowest BCUT2D eigenvalue weighted by Crippen LogP contribution is -2.18. The minimum Gasteiger partial charge on any atom is -0.396 e. The standard InChI is InChI=1S/C8H16N4OS/c1-12(5-3-2-4-6-13)8-10-7(9)11-14-8/h13H,2-6H2,1H3,(H2,9,11). The van der Waals surface area contributed by atoms with Gasteiger partial charge in [0, 0.05) is 31.7 Å². The van der Waals surface area contributed by atoms with E-state index in [0.29, 0.717) is 5.95 Å². The van der Waals surface area contributed by atoms with Crippen LogP contribution >= 0.6 is 11.5 Å². The second-order valence-corrected chi connectivity index (χ2v) is 3.87. The van der Waals surface area contributed by atoms with Crippen molar-refractivity contribution in [3.8, 4) is 0 Å². The Morgan fingerprint density at radius 2 is 2.21 bits per heavy atom.